The van der Waals surface area contributed by atoms with Crippen molar-refractivity contribution in [1.29, 1.82) is 0 Å². The summed E-state index contributed by atoms with van der Waals surface area (Å²) in [5, 5.41) is 15.8. The molecule has 4 N–H and O–H groups in total. The number of guanidine groups is 1. The van der Waals surface area contributed by atoms with Crippen molar-refractivity contribution < 1.29 is 5.21 Å². The molecular formula is C7H14N4O. The summed E-state index contributed by atoms with van der Waals surface area (Å²) >= 11 is 0. The van der Waals surface area contributed by atoms with E-state index in [2.05, 4.69) is 10.2 Å². The third kappa shape index (κ3) is 2.87. The number of rotatable bonds is 1. The molecule has 1 saturated carbocycles. The van der Waals surface area contributed by atoms with Gasteiger partial charge in [0.15, 0.2) is 0 Å². The maximum Gasteiger partial charge on any atom is 0.237 e. The molecule has 0 aromatic rings. The van der Waals surface area contributed by atoms with Gasteiger partial charge in [0.25, 0.3) is 0 Å². The first-order valence-electron chi connectivity index (χ1n) is 4.12. The van der Waals surface area contributed by atoms with Crippen molar-refractivity contribution in [2.24, 2.45) is 15.9 Å². The quantitative estimate of drug-likeness (QED) is 0.306. The molecule has 0 heterocycles. The Morgan fingerprint density at radius 3 is 2.58 bits per heavy atom. The van der Waals surface area contributed by atoms with Crippen LogP contribution in [-0.2, 0) is 0 Å². The van der Waals surface area contributed by atoms with Crippen molar-refractivity contribution in [1.82, 2.24) is 5.48 Å². The molecule has 5 heteroatoms. The first-order chi connectivity index (χ1) is 5.83. The zero-order valence-electron chi connectivity index (χ0n) is 6.95. The fraction of sp³-hybridized carbons (Fsp3) is 0.714. The summed E-state index contributed by atoms with van der Waals surface area (Å²) in [6, 6.07) is 0. The molecule has 0 aromatic heterocycles. The van der Waals surface area contributed by atoms with Crippen LogP contribution >= 0.6 is 0 Å². The van der Waals surface area contributed by atoms with E-state index < -0.39 is 0 Å². The molecule has 1 aliphatic rings. The molecule has 0 bridgehead atoms. The highest BCUT2D eigenvalue weighted by molar-refractivity contribution is 5.86. The predicted octanol–water partition coefficient (Wildman–Crippen LogP) is 0.600. The fourth-order valence-corrected chi connectivity index (χ4v) is 1.21. The molecule has 5 nitrogen and oxygen atoms in total. The molecule has 0 aromatic carbocycles. The summed E-state index contributed by atoms with van der Waals surface area (Å²) in [6.07, 6.45) is 5.64. The highest BCUT2D eigenvalue weighted by atomic mass is 16.5. The number of nitrogens with two attached hydrogens (primary N) is 1. The Balaban J connectivity index is 2.44. The fourth-order valence-electron chi connectivity index (χ4n) is 1.21. The van der Waals surface area contributed by atoms with Crippen LogP contribution in [0.25, 0.3) is 0 Å². The van der Waals surface area contributed by atoms with Gasteiger partial charge in [0.05, 0.1) is 0 Å². The van der Waals surface area contributed by atoms with Crippen molar-refractivity contribution in [2.75, 3.05) is 0 Å². The van der Waals surface area contributed by atoms with E-state index in [4.69, 9.17) is 10.9 Å². The van der Waals surface area contributed by atoms with E-state index in [1.807, 2.05) is 0 Å². The zero-order chi connectivity index (χ0) is 8.81. The van der Waals surface area contributed by atoms with E-state index in [9.17, 15) is 0 Å². The summed E-state index contributed by atoms with van der Waals surface area (Å²) < 4.78 is 0. The van der Waals surface area contributed by atoms with Crippen LogP contribution in [0.1, 0.15) is 32.1 Å². The van der Waals surface area contributed by atoms with Crippen LogP contribution in [-0.4, -0.2) is 16.9 Å². The van der Waals surface area contributed by atoms with E-state index in [0.717, 1.165) is 18.6 Å². The number of hydrogen-bond acceptors (Lipinski definition) is 3. The van der Waals surface area contributed by atoms with Gasteiger partial charge in [-0.3, -0.25) is 5.21 Å². The molecule has 12 heavy (non-hydrogen) atoms. The van der Waals surface area contributed by atoms with Gasteiger partial charge < -0.3 is 5.73 Å². The minimum atomic E-state index is -0.0620. The average Bonchev–Trinajstić information content (AvgIpc) is 2.16. The lowest BCUT2D eigenvalue weighted by atomic mass is 9.99. The normalized spacial score (nSPS) is 19.1. The maximum atomic E-state index is 8.29. The van der Waals surface area contributed by atoms with Gasteiger partial charge in [-0.15, -0.1) is 5.10 Å². The van der Waals surface area contributed by atoms with Crippen LogP contribution in [0.15, 0.2) is 10.2 Å². The lowest BCUT2D eigenvalue weighted by Crippen LogP contribution is -2.27. The Kier molecular flexibility index (Phi) is 3.53. The van der Waals surface area contributed by atoms with Gasteiger partial charge >= 0.3 is 0 Å². The maximum absolute atomic E-state index is 8.29. The molecule has 1 fully saturated rings. The van der Waals surface area contributed by atoms with Crippen LogP contribution in [0.4, 0.5) is 0 Å². The van der Waals surface area contributed by atoms with Gasteiger partial charge in [-0.25, -0.2) is 5.48 Å². The van der Waals surface area contributed by atoms with E-state index in [-0.39, 0.29) is 5.96 Å². The van der Waals surface area contributed by atoms with Gasteiger partial charge in [-0.05, 0) is 25.7 Å². The van der Waals surface area contributed by atoms with E-state index in [1.165, 1.54) is 19.3 Å². The molecule has 1 rings (SSSR count). The Labute approximate surface area is 71.3 Å². The van der Waals surface area contributed by atoms with Gasteiger partial charge in [0, 0.05) is 5.71 Å². The topological polar surface area (TPSA) is 83.0 Å². The molecule has 0 saturated heterocycles. The lowest BCUT2D eigenvalue weighted by molar-refractivity contribution is 0.232. The smallest absolute Gasteiger partial charge is 0.237 e. The van der Waals surface area contributed by atoms with Crippen molar-refractivity contribution in [3.63, 3.8) is 0 Å². The van der Waals surface area contributed by atoms with E-state index in [1.54, 1.807) is 5.48 Å². The number of nitrogens with zero attached hydrogens (tertiary/aromatic N) is 2. The Morgan fingerprint density at radius 1 is 1.33 bits per heavy atom. The second-order valence-electron chi connectivity index (χ2n) is 2.82. The molecule has 68 valence electrons. The molecule has 0 unspecified atom stereocenters. The minimum absolute atomic E-state index is 0.0620. The van der Waals surface area contributed by atoms with Crippen LogP contribution in [0.5, 0.6) is 0 Å². The summed E-state index contributed by atoms with van der Waals surface area (Å²) in [5.74, 6) is -0.0620. The standard InChI is InChI=1S/C7H14N4O/c8-7(11-12)10-9-6-4-2-1-3-5-6/h12H,1-5H2,(H3,8,10,11). The second kappa shape index (κ2) is 4.71. The lowest BCUT2D eigenvalue weighted by Gasteiger charge is -2.10. The molecule has 0 atom stereocenters. The SMILES string of the molecule is N/C(=N/N=C1CCCCC1)NO. The Bertz CT molecular complexity index is 192. The highest BCUT2D eigenvalue weighted by Gasteiger charge is 2.05. The number of nitrogens with one attached hydrogen (secondary N) is 1. The predicted molar refractivity (Wildman–Crippen MR) is 47.1 cm³/mol. The van der Waals surface area contributed by atoms with Gasteiger partial charge in [-0.1, -0.05) is 6.42 Å². The first kappa shape index (κ1) is 8.99. The first-order valence-corrected chi connectivity index (χ1v) is 4.12. The van der Waals surface area contributed by atoms with Crippen LogP contribution in [0, 0.1) is 0 Å². The van der Waals surface area contributed by atoms with Crippen molar-refractivity contribution in [3.05, 3.63) is 0 Å². The summed E-state index contributed by atoms with van der Waals surface area (Å²) in [4.78, 5) is 0. The van der Waals surface area contributed by atoms with Crippen molar-refractivity contribution in [2.45, 2.75) is 32.1 Å². The van der Waals surface area contributed by atoms with Crippen LogP contribution in [0.2, 0.25) is 0 Å². The molecular weight excluding hydrogens is 156 g/mol. The zero-order valence-corrected chi connectivity index (χ0v) is 6.95. The minimum Gasteiger partial charge on any atom is -0.367 e. The average molecular weight is 170 g/mol. The van der Waals surface area contributed by atoms with Gasteiger partial charge in [0.1, 0.15) is 0 Å². The monoisotopic (exact) mass is 170 g/mol. The Morgan fingerprint density at radius 2 is 2.00 bits per heavy atom. The van der Waals surface area contributed by atoms with E-state index >= 15 is 0 Å². The second-order valence-corrected chi connectivity index (χ2v) is 2.82. The van der Waals surface area contributed by atoms with Crippen LogP contribution < -0.4 is 11.2 Å². The molecule has 0 radical (unpaired) electrons. The number of hydrogen-bond donors (Lipinski definition) is 3. The molecule has 0 aliphatic heterocycles. The molecule has 0 amide bonds. The number of hydroxylamine groups is 1. The highest BCUT2D eigenvalue weighted by Crippen LogP contribution is 2.14. The van der Waals surface area contributed by atoms with Gasteiger partial charge in [-0.2, -0.15) is 5.10 Å². The third-order valence-electron chi connectivity index (χ3n) is 1.84. The largest absolute Gasteiger partial charge is 0.367 e. The van der Waals surface area contributed by atoms with Crippen LogP contribution in [0.3, 0.4) is 0 Å². The molecule has 0 spiro atoms. The Hall–Kier alpha value is -1.10. The van der Waals surface area contributed by atoms with Crippen molar-refractivity contribution in [3.8, 4) is 0 Å². The van der Waals surface area contributed by atoms with Gasteiger partial charge in [0.2, 0.25) is 5.96 Å². The summed E-state index contributed by atoms with van der Waals surface area (Å²) in [6.45, 7) is 0. The third-order valence-corrected chi connectivity index (χ3v) is 1.84. The summed E-state index contributed by atoms with van der Waals surface area (Å²) in [7, 11) is 0. The molecule has 1 aliphatic carbocycles. The summed E-state index contributed by atoms with van der Waals surface area (Å²) in [5.41, 5.74) is 7.97. The van der Waals surface area contributed by atoms with Crippen molar-refractivity contribution >= 4 is 11.7 Å². The van der Waals surface area contributed by atoms with E-state index in [0.29, 0.717) is 0 Å².